The van der Waals surface area contributed by atoms with Gasteiger partial charge < -0.3 is 9.80 Å². The van der Waals surface area contributed by atoms with Crippen molar-refractivity contribution in [3.8, 4) is 0 Å². The zero-order valence-electron chi connectivity index (χ0n) is 15.2. The molecule has 4 nitrogen and oxygen atoms in total. The lowest BCUT2D eigenvalue weighted by Gasteiger charge is -2.19. The number of rotatable bonds is 4. The van der Waals surface area contributed by atoms with Crippen LogP contribution in [0.4, 0.5) is 5.69 Å². The van der Waals surface area contributed by atoms with Gasteiger partial charge in [0.2, 0.25) is 5.91 Å². The van der Waals surface area contributed by atoms with E-state index >= 15 is 0 Å². The highest BCUT2D eigenvalue weighted by molar-refractivity contribution is 6.30. The van der Waals surface area contributed by atoms with Crippen molar-refractivity contribution in [3.63, 3.8) is 0 Å². The van der Waals surface area contributed by atoms with Crippen molar-refractivity contribution in [1.29, 1.82) is 0 Å². The van der Waals surface area contributed by atoms with E-state index in [9.17, 15) is 9.59 Å². The van der Waals surface area contributed by atoms with E-state index < -0.39 is 0 Å². The quantitative estimate of drug-likeness (QED) is 0.796. The molecule has 2 aromatic rings. The second-order valence-corrected chi connectivity index (χ2v) is 7.87. The van der Waals surface area contributed by atoms with E-state index in [-0.39, 0.29) is 11.8 Å². The van der Waals surface area contributed by atoms with Gasteiger partial charge in [0.15, 0.2) is 0 Å². The fourth-order valence-corrected chi connectivity index (χ4v) is 4.17. The lowest BCUT2D eigenvalue weighted by Crippen LogP contribution is -2.29. The second-order valence-electron chi connectivity index (χ2n) is 7.44. The fourth-order valence-electron chi connectivity index (χ4n) is 4.05. The number of benzene rings is 2. The number of halogens is 1. The van der Waals surface area contributed by atoms with Gasteiger partial charge in [0.25, 0.3) is 5.91 Å². The van der Waals surface area contributed by atoms with Crippen molar-refractivity contribution in [2.24, 2.45) is 5.92 Å². The van der Waals surface area contributed by atoms with E-state index in [1.54, 1.807) is 4.90 Å². The van der Waals surface area contributed by atoms with Crippen molar-refractivity contribution in [1.82, 2.24) is 4.90 Å². The van der Waals surface area contributed by atoms with E-state index in [0.717, 1.165) is 49.6 Å². The Balaban J connectivity index is 1.41. The van der Waals surface area contributed by atoms with Crippen LogP contribution in [0.5, 0.6) is 0 Å². The van der Waals surface area contributed by atoms with E-state index in [0.29, 0.717) is 17.9 Å². The van der Waals surface area contributed by atoms with Crippen LogP contribution in [0.3, 0.4) is 0 Å². The first kappa shape index (κ1) is 18.1. The molecule has 2 saturated heterocycles. The van der Waals surface area contributed by atoms with Crippen molar-refractivity contribution in [2.75, 3.05) is 24.5 Å². The number of nitrogens with zero attached hydrogens (tertiary/aromatic N) is 2. The summed E-state index contributed by atoms with van der Waals surface area (Å²) in [4.78, 5) is 28.6. The molecule has 140 valence electrons. The molecule has 0 aliphatic carbocycles. The Bertz CT molecular complexity index is 850. The second kappa shape index (κ2) is 7.73. The summed E-state index contributed by atoms with van der Waals surface area (Å²) in [6.45, 7) is 2.29. The summed E-state index contributed by atoms with van der Waals surface area (Å²) < 4.78 is 0. The normalized spacial score (nSPS) is 19.7. The summed E-state index contributed by atoms with van der Waals surface area (Å²) in [7, 11) is 0. The van der Waals surface area contributed by atoms with Gasteiger partial charge in [-0.1, -0.05) is 29.8 Å². The Morgan fingerprint density at radius 3 is 2.67 bits per heavy atom. The summed E-state index contributed by atoms with van der Waals surface area (Å²) in [6, 6.07) is 15.4. The molecule has 2 heterocycles. The number of carbonyl (C=O) groups is 2. The van der Waals surface area contributed by atoms with Gasteiger partial charge in [-0.05, 0) is 61.1 Å². The average Bonchev–Trinajstić information content (AvgIpc) is 3.32. The van der Waals surface area contributed by atoms with Gasteiger partial charge in [0.05, 0.1) is 0 Å². The first-order valence-corrected chi connectivity index (χ1v) is 9.92. The monoisotopic (exact) mass is 382 g/mol. The van der Waals surface area contributed by atoms with E-state index in [2.05, 4.69) is 12.1 Å². The van der Waals surface area contributed by atoms with Gasteiger partial charge in [0.1, 0.15) is 0 Å². The molecule has 0 radical (unpaired) electrons. The topological polar surface area (TPSA) is 40.6 Å². The van der Waals surface area contributed by atoms with Crippen molar-refractivity contribution in [3.05, 3.63) is 64.7 Å². The highest BCUT2D eigenvalue weighted by atomic mass is 35.5. The molecule has 0 bridgehead atoms. The van der Waals surface area contributed by atoms with Crippen LogP contribution in [-0.2, 0) is 11.2 Å². The number of carbonyl (C=O) groups excluding carboxylic acids is 2. The molecule has 1 unspecified atom stereocenters. The molecule has 0 spiro atoms. The third kappa shape index (κ3) is 4.01. The maximum Gasteiger partial charge on any atom is 0.253 e. The summed E-state index contributed by atoms with van der Waals surface area (Å²) in [5, 5.41) is 0.748. The smallest absolute Gasteiger partial charge is 0.253 e. The summed E-state index contributed by atoms with van der Waals surface area (Å²) in [6.07, 6.45) is 3.45. The van der Waals surface area contributed by atoms with Crippen LogP contribution in [0, 0.1) is 5.92 Å². The molecular weight excluding hydrogens is 360 g/mol. The van der Waals surface area contributed by atoms with Gasteiger partial charge >= 0.3 is 0 Å². The number of anilines is 1. The Morgan fingerprint density at radius 1 is 1.11 bits per heavy atom. The lowest BCUT2D eigenvalue weighted by molar-refractivity contribution is -0.117. The number of likely N-dealkylation sites (tertiary alicyclic amines) is 1. The summed E-state index contributed by atoms with van der Waals surface area (Å²) in [5.41, 5.74) is 2.76. The number of hydrogen-bond donors (Lipinski definition) is 0. The molecule has 0 saturated carbocycles. The summed E-state index contributed by atoms with van der Waals surface area (Å²) >= 11 is 5.95. The van der Waals surface area contributed by atoms with Gasteiger partial charge in [-0.2, -0.15) is 0 Å². The van der Waals surface area contributed by atoms with Crippen LogP contribution in [-0.4, -0.2) is 36.3 Å². The Morgan fingerprint density at radius 2 is 1.93 bits per heavy atom. The van der Waals surface area contributed by atoms with Gasteiger partial charge in [0, 0.05) is 42.3 Å². The van der Waals surface area contributed by atoms with Crippen molar-refractivity contribution < 1.29 is 9.59 Å². The van der Waals surface area contributed by atoms with E-state index in [4.69, 9.17) is 11.6 Å². The highest BCUT2D eigenvalue weighted by Crippen LogP contribution is 2.26. The summed E-state index contributed by atoms with van der Waals surface area (Å²) in [5.74, 6) is 0.671. The number of hydrogen-bond acceptors (Lipinski definition) is 2. The molecule has 4 rings (SSSR count). The van der Waals surface area contributed by atoms with Crippen LogP contribution >= 0.6 is 11.6 Å². The fraction of sp³-hybridized carbons (Fsp3) is 0.364. The van der Waals surface area contributed by atoms with Crippen molar-refractivity contribution in [2.45, 2.75) is 25.7 Å². The molecular formula is C22H23ClN2O2. The van der Waals surface area contributed by atoms with Crippen LogP contribution in [0.2, 0.25) is 5.02 Å². The van der Waals surface area contributed by atoms with Crippen molar-refractivity contribution >= 4 is 29.1 Å². The molecule has 2 amide bonds. The average molecular weight is 383 g/mol. The molecule has 2 aliphatic heterocycles. The molecule has 0 N–H and O–H groups in total. The van der Waals surface area contributed by atoms with E-state index in [1.165, 1.54) is 5.56 Å². The highest BCUT2D eigenvalue weighted by Gasteiger charge is 2.28. The molecule has 2 fully saturated rings. The predicted octanol–water partition coefficient (Wildman–Crippen LogP) is 4.17. The number of amides is 2. The zero-order chi connectivity index (χ0) is 18.8. The van der Waals surface area contributed by atoms with Gasteiger partial charge in [-0.15, -0.1) is 0 Å². The standard InChI is InChI=1S/C22H23ClN2O2/c23-19-8-6-16(7-9-19)13-17-10-12-24(15-17)22(27)18-3-1-4-20(14-18)25-11-2-5-21(25)26/h1,3-4,6-9,14,17H,2,5,10-13,15H2. The van der Waals surface area contributed by atoms with Gasteiger partial charge in [-0.3, -0.25) is 9.59 Å². The third-order valence-electron chi connectivity index (χ3n) is 5.49. The molecule has 5 heteroatoms. The Hall–Kier alpha value is -2.33. The van der Waals surface area contributed by atoms with Crippen LogP contribution in [0.15, 0.2) is 48.5 Å². The first-order valence-electron chi connectivity index (χ1n) is 9.54. The minimum atomic E-state index is 0.0575. The van der Waals surface area contributed by atoms with Crippen LogP contribution < -0.4 is 4.90 Å². The SMILES string of the molecule is O=C(c1cccc(N2CCCC2=O)c1)N1CCC(Cc2ccc(Cl)cc2)C1. The lowest BCUT2D eigenvalue weighted by atomic mass is 9.99. The minimum absolute atomic E-state index is 0.0575. The molecule has 0 aromatic heterocycles. The zero-order valence-corrected chi connectivity index (χ0v) is 16.0. The largest absolute Gasteiger partial charge is 0.338 e. The first-order chi connectivity index (χ1) is 13.1. The van der Waals surface area contributed by atoms with Gasteiger partial charge in [-0.25, -0.2) is 0 Å². The molecule has 2 aliphatic rings. The Kier molecular flexibility index (Phi) is 5.17. The maximum absolute atomic E-state index is 12.9. The van der Waals surface area contributed by atoms with Crippen LogP contribution in [0.1, 0.15) is 35.2 Å². The minimum Gasteiger partial charge on any atom is -0.338 e. The molecule has 27 heavy (non-hydrogen) atoms. The Labute approximate surface area is 164 Å². The molecule has 2 aromatic carbocycles. The van der Waals surface area contributed by atoms with E-state index in [1.807, 2.05) is 41.3 Å². The van der Waals surface area contributed by atoms with Crippen LogP contribution in [0.25, 0.3) is 0 Å². The maximum atomic E-state index is 12.9. The molecule has 1 atom stereocenters. The third-order valence-corrected chi connectivity index (χ3v) is 5.74. The predicted molar refractivity (Wildman–Crippen MR) is 107 cm³/mol.